The zero-order chi connectivity index (χ0) is 17.7. The lowest BCUT2D eigenvalue weighted by Crippen LogP contribution is -2.61. The molecule has 0 aliphatic carbocycles. The van der Waals surface area contributed by atoms with Crippen LogP contribution in [0.4, 0.5) is 0 Å². The first-order valence-corrected chi connectivity index (χ1v) is 6.84. The molecule has 8 N–H and O–H groups in total. The first-order chi connectivity index (χ1) is 10.8. The minimum atomic E-state index is -1.97. The smallest absolute Gasteiger partial charge is 0.187 e. The molecule has 1 aliphatic rings. The third-order valence-corrected chi connectivity index (χ3v) is 3.53. The molecule has 1 aliphatic heterocycles. The predicted molar refractivity (Wildman–Crippen MR) is 69.8 cm³/mol. The quantitative estimate of drug-likeness (QED) is 0.195. The van der Waals surface area contributed by atoms with Crippen molar-refractivity contribution >= 4 is 6.29 Å². The van der Waals surface area contributed by atoms with Gasteiger partial charge in [0.25, 0.3) is 0 Å². The van der Waals surface area contributed by atoms with Crippen molar-refractivity contribution in [3.05, 3.63) is 0 Å². The Labute approximate surface area is 130 Å². The molecule has 0 aromatic carbocycles. The maximum absolute atomic E-state index is 10.5. The molecule has 9 atom stereocenters. The van der Waals surface area contributed by atoms with Crippen molar-refractivity contribution in [2.24, 2.45) is 0 Å². The SMILES string of the molecule is O=[14CH][C@H](O)[C@@H](O)[C@H](O[C@@H]1O[C@H](CO)[C@H](O)[C@H](O)[C@H]1O)[C@H](O)CO. The minimum Gasteiger partial charge on any atom is -0.394 e. The highest BCUT2D eigenvalue weighted by atomic mass is 16.7. The fraction of sp³-hybridized carbons (Fsp3) is 0.917. The predicted octanol–water partition coefficient (Wildman–Crippen LogP) is -5.55. The van der Waals surface area contributed by atoms with Gasteiger partial charge in [0.1, 0.15) is 48.8 Å². The summed E-state index contributed by atoms with van der Waals surface area (Å²) in [7, 11) is 0. The maximum atomic E-state index is 10.5. The average Bonchev–Trinajstić information content (AvgIpc) is 2.57. The van der Waals surface area contributed by atoms with Crippen LogP contribution < -0.4 is 0 Å². The molecule has 136 valence electrons. The summed E-state index contributed by atoms with van der Waals surface area (Å²) in [6.45, 7) is -1.64. The number of ether oxygens (including phenoxy) is 2. The highest BCUT2D eigenvalue weighted by Gasteiger charge is 2.46. The van der Waals surface area contributed by atoms with E-state index in [1.165, 1.54) is 0 Å². The summed E-state index contributed by atoms with van der Waals surface area (Å²) in [5.74, 6) is 0. The summed E-state index contributed by atoms with van der Waals surface area (Å²) in [4.78, 5) is 10.5. The van der Waals surface area contributed by atoms with Gasteiger partial charge in [-0.2, -0.15) is 0 Å². The molecule has 0 unspecified atom stereocenters. The largest absolute Gasteiger partial charge is 0.394 e. The summed E-state index contributed by atoms with van der Waals surface area (Å²) in [5, 5.41) is 75.7. The van der Waals surface area contributed by atoms with Crippen molar-refractivity contribution in [1.29, 1.82) is 0 Å². The molecular weight excluding hydrogens is 322 g/mol. The van der Waals surface area contributed by atoms with Crippen LogP contribution >= 0.6 is 0 Å². The number of hydrogen-bond acceptors (Lipinski definition) is 11. The number of hydrogen-bond donors (Lipinski definition) is 8. The third-order valence-electron chi connectivity index (χ3n) is 3.53. The number of aldehydes is 1. The molecule has 11 nitrogen and oxygen atoms in total. The Morgan fingerprint density at radius 1 is 1.04 bits per heavy atom. The van der Waals surface area contributed by atoms with Crippen LogP contribution in [-0.2, 0) is 14.3 Å². The van der Waals surface area contributed by atoms with Gasteiger partial charge >= 0.3 is 0 Å². The second-order valence-electron chi connectivity index (χ2n) is 5.17. The number of aliphatic hydroxyl groups excluding tert-OH is 8. The van der Waals surface area contributed by atoms with Crippen LogP contribution in [-0.4, -0.2) is 115 Å². The van der Waals surface area contributed by atoms with Crippen LogP contribution in [0.15, 0.2) is 0 Å². The summed E-state index contributed by atoms with van der Waals surface area (Å²) >= 11 is 0. The number of aliphatic hydroxyl groups is 8. The molecule has 0 bridgehead atoms. The molecule has 11 heteroatoms. The van der Waals surface area contributed by atoms with Crippen molar-refractivity contribution in [3.63, 3.8) is 0 Å². The van der Waals surface area contributed by atoms with Crippen molar-refractivity contribution < 1.29 is 55.1 Å². The highest BCUT2D eigenvalue weighted by Crippen LogP contribution is 2.24. The molecule has 0 amide bonds. The molecule has 0 aromatic rings. The van der Waals surface area contributed by atoms with Gasteiger partial charge in [0.05, 0.1) is 13.2 Å². The van der Waals surface area contributed by atoms with Crippen molar-refractivity contribution in [2.45, 2.75) is 55.1 Å². The van der Waals surface area contributed by atoms with E-state index in [4.69, 9.17) is 19.7 Å². The van der Waals surface area contributed by atoms with Crippen LogP contribution in [0.25, 0.3) is 0 Å². The van der Waals surface area contributed by atoms with E-state index in [9.17, 15) is 35.4 Å². The zero-order valence-corrected chi connectivity index (χ0v) is 12.0. The minimum absolute atomic E-state index is 0.0294. The van der Waals surface area contributed by atoms with Crippen molar-refractivity contribution in [3.8, 4) is 0 Å². The molecule has 0 saturated carbocycles. The number of carbonyl (C=O) groups is 1. The van der Waals surface area contributed by atoms with Gasteiger partial charge in [-0.3, -0.25) is 0 Å². The Balaban J connectivity index is 2.91. The fourth-order valence-corrected chi connectivity index (χ4v) is 2.11. The molecule has 1 rings (SSSR count). The van der Waals surface area contributed by atoms with Gasteiger partial charge in [0, 0.05) is 0 Å². The number of carbonyl (C=O) groups excluding carboxylic acids is 1. The molecule has 0 spiro atoms. The van der Waals surface area contributed by atoms with Gasteiger partial charge in [0.15, 0.2) is 12.6 Å². The lowest BCUT2D eigenvalue weighted by Gasteiger charge is -2.42. The molecule has 0 aromatic heterocycles. The van der Waals surface area contributed by atoms with E-state index >= 15 is 0 Å². The Morgan fingerprint density at radius 2 is 1.65 bits per heavy atom. The maximum Gasteiger partial charge on any atom is 0.187 e. The van der Waals surface area contributed by atoms with Crippen molar-refractivity contribution in [1.82, 2.24) is 0 Å². The van der Waals surface area contributed by atoms with E-state index in [1.54, 1.807) is 0 Å². The van der Waals surface area contributed by atoms with E-state index in [1.807, 2.05) is 0 Å². The molecular formula is C12H22O11. The topological polar surface area (TPSA) is 197 Å². The van der Waals surface area contributed by atoms with E-state index in [2.05, 4.69) is 0 Å². The average molecular weight is 344 g/mol. The van der Waals surface area contributed by atoms with Gasteiger partial charge in [-0.15, -0.1) is 0 Å². The monoisotopic (exact) mass is 344 g/mol. The van der Waals surface area contributed by atoms with E-state index in [-0.39, 0.29) is 6.29 Å². The van der Waals surface area contributed by atoms with Crippen LogP contribution in [0.1, 0.15) is 0 Å². The van der Waals surface area contributed by atoms with E-state index < -0.39 is 68.3 Å². The van der Waals surface area contributed by atoms with Gasteiger partial charge in [-0.05, 0) is 0 Å². The number of rotatable bonds is 8. The normalized spacial score (nSPS) is 37.0. The van der Waals surface area contributed by atoms with Crippen LogP contribution in [0, 0.1) is 0 Å². The summed E-state index contributed by atoms with van der Waals surface area (Å²) in [5.41, 5.74) is 0. The molecule has 1 heterocycles. The van der Waals surface area contributed by atoms with Gasteiger partial charge < -0.3 is 55.1 Å². The Morgan fingerprint density at radius 3 is 2.13 bits per heavy atom. The lowest BCUT2D eigenvalue weighted by molar-refractivity contribution is -0.326. The fourth-order valence-electron chi connectivity index (χ4n) is 2.11. The van der Waals surface area contributed by atoms with Crippen molar-refractivity contribution in [2.75, 3.05) is 13.2 Å². The van der Waals surface area contributed by atoms with Gasteiger partial charge in [0.2, 0.25) is 0 Å². The van der Waals surface area contributed by atoms with E-state index in [0.29, 0.717) is 0 Å². The van der Waals surface area contributed by atoms with Gasteiger partial charge in [-0.25, -0.2) is 0 Å². The van der Waals surface area contributed by atoms with E-state index in [0.717, 1.165) is 0 Å². The zero-order valence-electron chi connectivity index (χ0n) is 12.0. The summed E-state index contributed by atoms with van der Waals surface area (Å²) < 4.78 is 10.1. The standard InChI is InChI=1S/C12H22O11/c13-1-4(16)7(18)11(5(17)2-14)23-12-10(21)9(20)8(19)6(3-15)22-12/h1,4-12,14-21H,2-3H2/t4-,5+,6+,7+,8-,9-,10+,11+,12-/m0/s1/i1+2. The Bertz CT molecular complexity index is 365. The third kappa shape index (κ3) is 4.64. The lowest BCUT2D eigenvalue weighted by atomic mass is 9.99. The second-order valence-corrected chi connectivity index (χ2v) is 5.17. The second kappa shape index (κ2) is 8.94. The molecule has 0 radical (unpaired) electrons. The molecule has 1 saturated heterocycles. The van der Waals surface area contributed by atoms with Crippen LogP contribution in [0.2, 0.25) is 0 Å². The molecule has 23 heavy (non-hydrogen) atoms. The van der Waals surface area contributed by atoms with Gasteiger partial charge in [-0.1, -0.05) is 0 Å². The van der Waals surface area contributed by atoms with Crippen LogP contribution in [0.3, 0.4) is 0 Å². The highest BCUT2D eigenvalue weighted by molar-refractivity contribution is 5.56. The Kier molecular flexibility index (Phi) is 7.89. The summed E-state index contributed by atoms with van der Waals surface area (Å²) in [6, 6.07) is 0. The van der Waals surface area contributed by atoms with Crippen LogP contribution in [0.5, 0.6) is 0 Å². The first kappa shape index (κ1) is 20.3. The summed E-state index contributed by atoms with van der Waals surface area (Å²) in [6.07, 6.45) is -15.7. The first-order valence-electron chi connectivity index (χ1n) is 6.84. The Hall–Kier alpha value is -0.730. The molecule has 1 fully saturated rings.